The molecule has 0 radical (unpaired) electrons. The number of hydrogen-bond acceptors (Lipinski definition) is 2. The van der Waals surface area contributed by atoms with Gasteiger partial charge in [0.05, 0.1) is 10.8 Å². The number of hydrogen-bond donors (Lipinski definition) is 0. The second-order valence-electron chi connectivity index (χ2n) is 9.68. The molecular weight excluding hydrogens is 352 g/mol. The van der Waals surface area contributed by atoms with Crippen molar-refractivity contribution in [3.63, 3.8) is 0 Å². The van der Waals surface area contributed by atoms with Gasteiger partial charge in [0.2, 0.25) is 0 Å². The third-order valence-corrected chi connectivity index (χ3v) is 8.04. The van der Waals surface area contributed by atoms with E-state index in [2.05, 4.69) is 74.4 Å². The van der Waals surface area contributed by atoms with Crippen LogP contribution in [0.5, 0.6) is 0 Å². The van der Waals surface area contributed by atoms with Gasteiger partial charge in [0.15, 0.2) is 0 Å². The van der Waals surface area contributed by atoms with E-state index < -0.39 is 10.8 Å². The van der Waals surface area contributed by atoms with Gasteiger partial charge >= 0.3 is 0 Å². The molecule has 0 saturated heterocycles. The molecule has 1 saturated carbocycles. The van der Waals surface area contributed by atoms with Crippen LogP contribution in [0.15, 0.2) is 17.0 Å². The first-order valence-electron chi connectivity index (χ1n) is 10.6. The van der Waals surface area contributed by atoms with E-state index in [4.69, 9.17) is 0 Å². The molecule has 1 aliphatic carbocycles. The summed E-state index contributed by atoms with van der Waals surface area (Å²) in [6.45, 7) is 19.6. The van der Waals surface area contributed by atoms with Crippen LogP contribution in [-0.2, 0) is 15.6 Å². The van der Waals surface area contributed by atoms with Crippen molar-refractivity contribution >= 4 is 16.6 Å². The SMILES string of the molecule is CC(C)c1cc(C(C)C)c(S(=O)[C@H]2C(=O)C[C@@H](C)[C@@H]2C(C)C)c(C(C)C)c1. The van der Waals surface area contributed by atoms with Crippen molar-refractivity contribution in [1.29, 1.82) is 0 Å². The van der Waals surface area contributed by atoms with Gasteiger partial charge in [-0.05, 0) is 52.2 Å². The number of benzene rings is 1. The van der Waals surface area contributed by atoms with E-state index in [9.17, 15) is 9.00 Å². The fraction of sp³-hybridized carbons (Fsp3) is 0.708. The molecule has 0 aliphatic heterocycles. The second-order valence-corrected chi connectivity index (χ2v) is 11.2. The van der Waals surface area contributed by atoms with Crippen LogP contribution in [-0.4, -0.2) is 15.2 Å². The summed E-state index contributed by atoms with van der Waals surface area (Å²) in [5, 5.41) is -0.361. The van der Waals surface area contributed by atoms with Crippen molar-refractivity contribution in [2.45, 2.75) is 96.6 Å². The summed E-state index contributed by atoms with van der Waals surface area (Å²) >= 11 is 0. The van der Waals surface area contributed by atoms with E-state index in [0.717, 1.165) is 16.0 Å². The highest BCUT2D eigenvalue weighted by Crippen LogP contribution is 2.42. The van der Waals surface area contributed by atoms with Crippen LogP contribution in [0.4, 0.5) is 0 Å². The van der Waals surface area contributed by atoms with Crippen LogP contribution in [0.1, 0.15) is 103 Å². The minimum absolute atomic E-state index is 0.192. The van der Waals surface area contributed by atoms with Crippen LogP contribution >= 0.6 is 0 Å². The fourth-order valence-corrected chi connectivity index (χ4v) is 7.11. The summed E-state index contributed by atoms with van der Waals surface area (Å²) in [7, 11) is -1.30. The van der Waals surface area contributed by atoms with Crippen LogP contribution in [0.2, 0.25) is 0 Å². The van der Waals surface area contributed by atoms with Crippen molar-refractivity contribution in [3.8, 4) is 0 Å². The molecule has 0 heterocycles. The molecule has 1 aliphatic rings. The summed E-state index contributed by atoms with van der Waals surface area (Å²) < 4.78 is 13.9. The van der Waals surface area contributed by atoms with Crippen molar-refractivity contribution in [2.75, 3.05) is 0 Å². The zero-order valence-corrected chi connectivity index (χ0v) is 19.4. The Kier molecular flexibility index (Phi) is 7.11. The lowest BCUT2D eigenvalue weighted by Crippen LogP contribution is -2.32. The Morgan fingerprint density at radius 3 is 1.74 bits per heavy atom. The predicted molar refractivity (Wildman–Crippen MR) is 116 cm³/mol. The molecule has 0 bridgehead atoms. The van der Waals surface area contributed by atoms with E-state index in [1.807, 2.05) is 0 Å². The summed E-state index contributed by atoms with van der Waals surface area (Å²) in [4.78, 5) is 13.8. The van der Waals surface area contributed by atoms with Crippen LogP contribution < -0.4 is 0 Å². The maximum atomic E-state index is 13.9. The maximum Gasteiger partial charge on any atom is 0.149 e. The molecule has 4 atom stereocenters. The van der Waals surface area contributed by atoms with Gasteiger partial charge in [-0.15, -0.1) is 0 Å². The third-order valence-electron chi connectivity index (χ3n) is 6.13. The largest absolute Gasteiger partial charge is 0.298 e. The quantitative estimate of drug-likeness (QED) is 0.562. The highest BCUT2D eigenvalue weighted by molar-refractivity contribution is 7.86. The Morgan fingerprint density at radius 1 is 0.889 bits per heavy atom. The number of rotatable bonds is 6. The van der Waals surface area contributed by atoms with Crippen LogP contribution in [0.25, 0.3) is 0 Å². The number of Topliss-reactive ketones (excluding diaryl/α,β-unsaturated/α-hetero) is 1. The van der Waals surface area contributed by atoms with Crippen molar-refractivity contribution in [2.24, 2.45) is 17.8 Å². The zero-order valence-electron chi connectivity index (χ0n) is 18.6. The Balaban J connectivity index is 2.68. The summed E-state index contributed by atoms with van der Waals surface area (Å²) in [6.07, 6.45) is 0.567. The van der Waals surface area contributed by atoms with Gasteiger partial charge in [0, 0.05) is 11.3 Å². The molecule has 1 aromatic rings. The molecule has 27 heavy (non-hydrogen) atoms. The molecule has 3 heteroatoms. The Morgan fingerprint density at radius 2 is 1.37 bits per heavy atom. The van der Waals surface area contributed by atoms with Gasteiger partial charge in [-0.1, -0.05) is 74.4 Å². The minimum Gasteiger partial charge on any atom is -0.298 e. The lowest BCUT2D eigenvalue weighted by Gasteiger charge is -2.28. The monoisotopic (exact) mass is 390 g/mol. The van der Waals surface area contributed by atoms with Gasteiger partial charge in [-0.2, -0.15) is 0 Å². The molecular formula is C24H38O2S. The Bertz CT molecular complexity index is 686. The maximum absolute atomic E-state index is 13.9. The topological polar surface area (TPSA) is 34.1 Å². The van der Waals surface area contributed by atoms with E-state index in [0.29, 0.717) is 24.2 Å². The zero-order chi connectivity index (χ0) is 20.6. The molecule has 2 rings (SSSR count). The van der Waals surface area contributed by atoms with E-state index in [-0.39, 0.29) is 28.8 Å². The van der Waals surface area contributed by atoms with Gasteiger partial charge in [-0.25, -0.2) is 0 Å². The lowest BCUT2D eigenvalue weighted by atomic mass is 9.87. The highest BCUT2D eigenvalue weighted by Gasteiger charge is 2.46. The first-order valence-corrected chi connectivity index (χ1v) is 11.8. The van der Waals surface area contributed by atoms with Crippen LogP contribution in [0, 0.1) is 17.8 Å². The minimum atomic E-state index is -1.30. The highest BCUT2D eigenvalue weighted by atomic mass is 32.2. The van der Waals surface area contributed by atoms with Crippen molar-refractivity contribution in [1.82, 2.24) is 0 Å². The second kappa shape index (κ2) is 8.59. The normalized spacial score (nSPS) is 24.6. The van der Waals surface area contributed by atoms with Gasteiger partial charge in [0.1, 0.15) is 11.0 Å². The fourth-order valence-electron chi connectivity index (χ4n) is 4.60. The molecule has 1 aromatic carbocycles. The molecule has 0 aromatic heterocycles. The number of carbonyl (C=O) groups excluding carboxylic acids is 1. The first-order chi connectivity index (χ1) is 12.5. The predicted octanol–water partition coefficient (Wildman–Crippen LogP) is 6.41. The first kappa shape index (κ1) is 22.3. The number of ketones is 1. The molecule has 0 spiro atoms. The smallest absolute Gasteiger partial charge is 0.149 e. The van der Waals surface area contributed by atoms with E-state index in [1.165, 1.54) is 5.56 Å². The average molecular weight is 391 g/mol. The summed E-state index contributed by atoms with van der Waals surface area (Å²) in [6, 6.07) is 4.48. The van der Waals surface area contributed by atoms with Crippen molar-refractivity contribution in [3.05, 3.63) is 28.8 Å². The molecule has 0 amide bonds. The van der Waals surface area contributed by atoms with E-state index in [1.54, 1.807) is 0 Å². The van der Waals surface area contributed by atoms with Crippen molar-refractivity contribution < 1.29 is 9.00 Å². The molecule has 1 fully saturated rings. The van der Waals surface area contributed by atoms with E-state index >= 15 is 0 Å². The molecule has 0 N–H and O–H groups in total. The van der Waals surface area contributed by atoms with Crippen LogP contribution in [0.3, 0.4) is 0 Å². The van der Waals surface area contributed by atoms with Gasteiger partial charge < -0.3 is 0 Å². The number of carbonyl (C=O) groups is 1. The lowest BCUT2D eigenvalue weighted by molar-refractivity contribution is -0.117. The average Bonchev–Trinajstić information content (AvgIpc) is 2.86. The third kappa shape index (κ3) is 4.39. The molecule has 152 valence electrons. The molecule has 2 nitrogen and oxygen atoms in total. The molecule has 1 unspecified atom stereocenters. The van der Waals surface area contributed by atoms with Gasteiger partial charge in [-0.3, -0.25) is 9.00 Å². The Hall–Kier alpha value is -0.960. The summed E-state index contributed by atoms with van der Waals surface area (Å²) in [5.41, 5.74) is 3.63. The Labute approximate surface area is 169 Å². The summed E-state index contributed by atoms with van der Waals surface area (Å²) in [5.74, 6) is 2.06. The standard InChI is InChI=1S/C24H38O2S/c1-13(2)18-11-19(14(3)4)23(20(12-18)15(5)6)27(26)24-21(25)10-17(9)22(24)16(7)8/h11-17,22,24H,10H2,1-9H3/t17-,22+,24+,27?/m1/s1. The van der Waals surface area contributed by atoms with Gasteiger partial charge in [0.25, 0.3) is 0 Å².